The van der Waals surface area contributed by atoms with E-state index in [0.29, 0.717) is 22.5 Å². The summed E-state index contributed by atoms with van der Waals surface area (Å²) in [5.41, 5.74) is 6.78. The summed E-state index contributed by atoms with van der Waals surface area (Å²) >= 11 is 5.87. The molecule has 0 aliphatic carbocycles. The summed E-state index contributed by atoms with van der Waals surface area (Å²) in [5.74, 6) is 0.444. The number of hydrogen-bond acceptors (Lipinski definition) is 4. The Kier molecular flexibility index (Phi) is 4.98. The Morgan fingerprint density at radius 2 is 2.24 bits per heavy atom. The third kappa shape index (κ3) is 4.31. The topological polar surface area (TPSA) is 81.1 Å². The normalized spacial score (nSPS) is 12.4. The number of nitrogens with one attached hydrogen (secondary N) is 1. The van der Waals surface area contributed by atoms with Crippen molar-refractivity contribution in [1.82, 2.24) is 4.98 Å². The van der Waals surface area contributed by atoms with Crippen LogP contribution in [-0.2, 0) is 0 Å². The summed E-state index contributed by atoms with van der Waals surface area (Å²) in [6.45, 7) is 4.13. The molecule has 112 valence electrons. The summed E-state index contributed by atoms with van der Waals surface area (Å²) in [7, 11) is 0. The first-order valence-electron chi connectivity index (χ1n) is 6.73. The van der Waals surface area contributed by atoms with Gasteiger partial charge in [0.15, 0.2) is 5.69 Å². The van der Waals surface area contributed by atoms with E-state index in [1.165, 1.54) is 6.26 Å². The van der Waals surface area contributed by atoms with Crippen LogP contribution in [0, 0.1) is 5.92 Å². The van der Waals surface area contributed by atoms with Gasteiger partial charge in [0.05, 0.1) is 6.04 Å². The maximum atomic E-state index is 12.1. The fourth-order valence-corrected chi connectivity index (χ4v) is 2.12. The van der Waals surface area contributed by atoms with E-state index >= 15 is 0 Å². The SMILES string of the molecule is CC(C)CC(N)c1nc(C(=O)Nc2cccc(Cl)c2)co1. The molecule has 0 aliphatic rings. The molecule has 6 heteroatoms. The van der Waals surface area contributed by atoms with Gasteiger partial charge in [-0.1, -0.05) is 31.5 Å². The van der Waals surface area contributed by atoms with E-state index in [-0.39, 0.29) is 17.6 Å². The summed E-state index contributed by atoms with van der Waals surface area (Å²) in [4.78, 5) is 16.2. The number of carbonyl (C=O) groups excluding carboxylic acids is 1. The Balaban J connectivity index is 2.05. The van der Waals surface area contributed by atoms with Crippen LogP contribution >= 0.6 is 11.6 Å². The monoisotopic (exact) mass is 307 g/mol. The highest BCUT2D eigenvalue weighted by Gasteiger charge is 2.18. The molecule has 1 aromatic heterocycles. The van der Waals surface area contributed by atoms with E-state index in [0.717, 1.165) is 6.42 Å². The quantitative estimate of drug-likeness (QED) is 0.884. The standard InChI is InChI=1S/C15H18ClN3O2/c1-9(2)6-12(17)15-19-13(8-21-15)14(20)18-11-5-3-4-10(16)7-11/h3-5,7-9,12H,6,17H2,1-2H3,(H,18,20). The Hall–Kier alpha value is -1.85. The van der Waals surface area contributed by atoms with Crippen molar-refractivity contribution in [3.05, 3.63) is 47.1 Å². The predicted octanol–water partition coefficient (Wildman–Crippen LogP) is 3.63. The Labute approximate surface area is 128 Å². The van der Waals surface area contributed by atoms with Gasteiger partial charge in [-0.15, -0.1) is 0 Å². The minimum atomic E-state index is -0.357. The molecule has 1 unspecified atom stereocenters. The molecule has 0 bridgehead atoms. The van der Waals surface area contributed by atoms with Crippen LogP contribution in [0.1, 0.15) is 42.7 Å². The summed E-state index contributed by atoms with van der Waals surface area (Å²) in [6.07, 6.45) is 2.06. The number of anilines is 1. The number of nitrogens with two attached hydrogens (primary N) is 1. The molecule has 0 spiro atoms. The lowest BCUT2D eigenvalue weighted by Gasteiger charge is -2.09. The maximum Gasteiger partial charge on any atom is 0.277 e. The number of halogens is 1. The van der Waals surface area contributed by atoms with Gasteiger partial charge >= 0.3 is 0 Å². The number of aromatic nitrogens is 1. The number of amides is 1. The fraction of sp³-hybridized carbons (Fsp3) is 0.333. The van der Waals surface area contributed by atoms with E-state index in [2.05, 4.69) is 24.1 Å². The van der Waals surface area contributed by atoms with E-state index in [4.69, 9.17) is 21.8 Å². The van der Waals surface area contributed by atoms with Gasteiger partial charge in [0.2, 0.25) is 5.89 Å². The van der Waals surface area contributed by atoms with Gasteiger partial charge in [-0.3, -0.25) is 4.79 Å². The zero-order valence-corrected chi connectivity index (χ0v) is 12.7. The Morgan fingerprint density at radius 1 is 1.48 bits per heavy atom. The molecule has 0 saturated heterocycles. The molecule has 2 rings (SSSR count). The summed E-state index contributed by atoms with van der Waals surface area (Å²) in [5, 5.41) is 3.25. The highest BCUT2D eigenvalue weighted by atomic mass is 35.5. The molecule has 2 aromatic rings. The number of hydrogen-bond donors (Lipinski definition) is 2. The molecule has 0 saturated carbocycles. The molecular weight excluding hydrogens is 290 g/mol. The van der Waals surface area contributed by atoms with Crippen LogP contribution in [0.3, 0.4) is 0 Å². The predicted molar refractivity (Wildman–Crippen MR) is 82.3 cm³/mol. The van der Waals surface area contributed by atoms with E-state index in [1.54, 1.807) is 24.3 Å². The van der Waals surface area contributed by atoms with Crippen LogP contribution in [0.15, 0.2) is 34.9 Å². The average Bonchev–Trinajstić information content (AvgIpc) is 2.87. The van der Waals surface area contributed by atoms with Gasteiger partial charge in [0.1, 0.15) is 6.26 Å². The third-order valence-electron chi connectivity index (χ3n) is 2.88. The van der Waals surface area contributed by atoms with Crippen LogP contribution in [-0.4, -0.2) is 10.9 Å². The largest absolute Gasteiger partial charge is 0.446 e. The second-order valence-electron chi connectivity index (χ2n) is 5.27. The van der Waals surface area contributed by atoms with Crippen molar-refractivity contribution in [3.8, 4) is 0 Å². The first-order chi connectivity index (χ1) is 9.95. The molecule has 3 N–H and O–H groups in total. The van der Waals surface area contributed by atoms with Gasteiger partial charge in [0.25, 0.3) is 5.91 Å². The zero-order chi connectivity index (χ0) is 15.4. The zero-order valence-electron chi connectivity index (χ0n) is 12.0. The lowest BCUT2D eigenvalue weighted by Crippen LogP contribution is -2.15. The van der Waals surface area contributed by atoms with Crippen molar-refractivity contribution in [1.29, 1.82) is 0 Å². The number of benzene rings is 1. The lowest BCUT2D eigenvalue weighted by atomic mass is 10.0. The maximum absolute atomic E-state index is 12.1. The van der Waals surface area contributed by atoms with Crippen molar-refractivity contribution >= 4 is 23.2 Å². The number of nitrogens with zero attached hydrogens (tertiary/aromatic N) is 1. The smallest absolute Gasteiger partial charge is 0.277 e. The lowest BCUT2D eigenvalue weighted by molar-refractivity contribution is 0.102. The van der Waals surface area contributed by atoms with Crippen molar-refractivity contribution in [3.63, 3.8) is 0 Å². The molecule has 21 heavy (non-hydrogen) atoms. The minimum Gasteiger partial charge on any atom is -0.446 e. The van der Waals surface area contributed by atoms with Crippen LogP contribution in [0.25, 0.3) is 0 Å². The van der Waals surface area contributed by atoms with Gasteiger partial charge in [0, 0.05) is 10.7 Å². The molecule has 5 nitrogen and oxygen atoms in total. The molecule has 1 atom stereocenters. The molecule has 1 heterocycles. The first-order valence-corrected chi connectivity index (χ1v) is 7.11. The molecule has 1 amide bonds. The van der Waals surface area contributed by atoms with Crippen LogP contribution < -0.4 is 11.1 Å². The highest BCUT2D eigenvalue weighted by Crippen LogP contribution is 2.19. The van der Waals surface area contributed by atoms with Gasteiger partial charge < -0.3 is 15.5 Å². The van der Waals surface area contributed by atoms with E-state index < -0.39 is 0 Å². The van der Waals surface area contributed by atoms with Crippen LogP contribution in [0.2, 0.25) is 5.02 Å². The van der Waals surface area contributed by atoms with Crippen molar-refractivity contribution < 1.29 is 9.21 Å². The summed E-state index contributed by atoms with van der Waals surface area (Å²) < 4.78 is 5.29. The van der Waals surface area contributed by atoms with Gasteiger partial charge in [-0.05, 0) is 30.5 Å². The van der Waals surface area contributed by atoms with E-state index in [9.17, 15) is 4.79 Å². The van der Waals surface area contributed by atoms with Gasteiger partial charge in [-0.2, -0.15) is 0 Å². The van der Waals surface area contributed by atoms with Crippen molar-refractivity contribution in [2.75, 3.05) is 5.32 Å². The molecule has 1 aromatic carbocycles. The fourth-order valence-electron chi connectivity index (χ4n) is 1.93. The Bertz CT molecular complexity index is 625. The average molecular weight is 308 g/mol. The number of carbonyl (C=O) groups is 1. The van der Waals surface area contributed by atoms with Crippen molar-refractivity contribution in [2.24, 2.45) is 11.7 Å². The number of rotatable bonds is 5. The van der Waals surface area contributed by atoms with Crippen LogP contribution in [0.4, 0.5) is 5.69 Å². The van der Waals surface area contributed by atoms with Crippen LogP contribution in [0.5, 0.6) is 0 Å². The second-order valence-corrected chi connectivity index (χ2v) is 5.71. The first kappa shape index (κ1) is 15.5. The highest BCUT2D eigenvalue weighted by molar-refractivity contribution is 6.30. The van der Waals surface area contributed by atoms with Gasteiger partial charge in [-0.25, -0.2) is 4.98 Å². The second kappa shape index (κ2) is 6.74. The molecule has 0 aliphatic heterocycles. The minimum absolute atomic E-state index is 0.198. The Morgan fingerprint density at radius 3 is 2.90 bits per heavy atom. The molecular formula is C15H18ClN3O2. The third-order valence-corrected chi connectivity index (χ3v) is 3.11. The van der Waals surface area contributed by atoms with Crippen molar-refractivity contribution in [2.45, 2.75) is 26.3 Å². The summed E-state index contributed by atoms with van der Waals surface area (Å²) in [6, 6.07) is 6.58. The van der Waals surface area contributed by atoms with E-state index in [1.807, 2.05) is 0 Å². The molecule has 0 radical (unpaired) electrons. The number of oxazole rings is 1. The molecule has 0 fully saturated rings.